The van der Waals surface area contributed by atoms with Gasteiger partial charge < -0.3 is 5.32 Å². The van der Waals surface area contributed by atoms with Crippen molar-refractivity contribution in [3.05, 3.63) is 52.5 Å². The SMILES string of the molecule is O=C(Nc1c(Cl)ncnc1Cl)C1(c2ccccc2)CC1. The van der Waals surface area contributed by atoms with Crippen molar-refractivity contribution in [3.8, 4) is 0 Å². The third-order valence-electron chi connectivity index (χ3n) is 3.50. The third kappa shape index (κ3) is 2.25. The standard InChI is InChI=1S/C14H11Cl2N3O/c15-11-10(12(16)18-8-17-11)19-13(20)14(6-7-14)9-4-2-1-3-5-9/h1-5,8H,6-7H2,(H,19,20). The highest BCUT2D eigenvalue weighted by Crippen LogP contribution is 2.49. The van der Waals surface area contributed by atoms with Crippen LogP contribution in [0.1, 0.15) is 18.4 Å². The molecule has 1 saturated carbocycles. The van der Waals surface area contributed by atoms with E-state index in [4.69, 9.17) is 23.2 Å². The van der Waals surface area contributed by atoms with Gasteiger partial charge in [0, 0.05) is 0 Å². The van der Waals surface area contributed by atoms with E-state index in [0.717, 1.165) is 18.4 Å². The lowest BCUT2D eigenvalue weighted by Gasteiger charge is -2.16. The van der Waals surface area contributed by atoms with Crippen LogP contribution in [0.5, 0.6) is 0 Å². The van der Waals surface area contributed by atoms with Crippen LogP contribution < -0.4 is 5.32 Å². The molecule has 0 bridgehead atoms. The number of nitrogens with one attached hydrogen (secondary N) is 1. The molecule has 6 heteroatoms. The number of carbonyl (C=O) groups excluding carboxylic acids is 1. The number of nitrogens with zero attached hydrogens (tertiary/aromatic N) is 2. The molecule has 0 spiro atoms. The molecule has 1 aromatic carbocycles. The van der Waals surface area contributed by atoms with Crippen molar-refractivity contribution in [2.75, 3.05) is 5.32 Å². The van der Waals surface area contributed by atoms with E-state index < -0.39 is 5.41 Å². The molecule has 3 rings (SSSR count). The lowest BCUT2D eigenvalue weighted by Crippen LogP contribution is -2.28. The summed E-state index contributed by atoms with van der Waals surface area (Å²) in [6.45, 7) is 0. The molecule has 0 saturated heterocycles. The Morgan fingerprint density at radius 2 is 1.70 bits per heavy atom. The number of hydrogen-bond donors (Lipinski definition) is 1. The molecule has 1 heterocycles. The number of halogens is 2. The average molecular weight is 308 g/mol. The predicted octanol–water partition coefficient (Wildman–Crippen LogP) is 3.45. The van der Waals surface area contributed by atoms with Gasteiger partial charge in [-0.2, -0.15) is 0 Å². The van der Waals surface area contributed by atoms with Crippen LogP contribution >= 0.6 is 23.2 Å². The molecular weight excluding hydrogens is 297 g/mol. The molecule has 0 aliphatic heterocycles. The molecule has 0 atom stereocenters. The first-order valence-electron chi connectivity index (χ1n) is 6.16. The lowest BCUT2D eigenvalue weighted by atomic mass is 9.95. The Labute approximate surface area is 126 Å². The van der Waals surface area contributed by atoms with Crippen LogP contribution in [0.15, 0.2) is 36.7 Å². The Bertz CT molecular complexity index is 636. The van der Waals surface area contributed by atoms with Gasteiger partial charge in [-0.1, -0.05) is 53.5 Å². The molecular formula is C14H11Cl2N3O. The zero-order valence-electron chi connectivity index (χ0n) is 10.4. The van der Waals surface area contributed by atoms with Crippen LogP contribution in [0.3, 0.4) is 0 Å². The largest absolute Gasteiger partial charge is 0.320 e. The van der Waals surface area contributed by atoms with E-state index in [1.807, 2.05) is 30.3 Å². The molecule has 4 nitrogen and oxygen atoms in total. The molecule has 2 aromatic rings. The normalized spacial score (nSPS) is 15.7. The Morgan fingerprint density at radius 3 is 2.25 bits per heavy atom. The van der Waals surface area contributed by atoms with Gasteiger partial charge in [-0.3, -0.25) is 4.79 Å². The van der Waals surface area contributed by atoms with Gasteiger partial charge in [-0.05, 0) is 18.4 Å². The highest BCUT2D eigenvalue weighted by atomic mass is 35.5. The number of benzene rings is 1. The molecule has 102 valence electrons. The first kappa shape index (κ1) is 13.3. The van der Waals surface area contributed by atoms with Gasteiger partial charge in [-0.15, -0.1) is 0 Å². The summed E-state index contributed by atoms with van der Waals surface area (Å²) < 4.78 is 0. The smallest absolute Gasteiger partial charge is 0.235 e. The zero-order chi connectivity index (χ0) is 14.2. The van der Waals surface area contributed by atoms with Crippen LogP contribution in [-0.4, -0.2) is 15.9 Å². The summed E-state index contributed by atoms with van der Waals surface area (Å²) in [4.78, 5) is 20.2. The monoisotopic (exact) mass is 307 g/mol. The number of carbonyl (C=O) groups is 1. The number of hydrogen-bond acceptors (Lipinski definition) is 3. The Kier molecular flexibility index (Phi) is 3.36. The van der Waals surface area contributed by atoms with Gasteiger partial charge >= 0.3 is 0 Å². The Morgan fingerprint density at radius 1 is 1.10 bits per heavy atom. The van der Waals surface area contributed by atoms with E-state index in [1.165, 1.54) is 6.33 Å². The molecule has 1 aromatic heterocycles. The van der Waals surface area contributed by atoms with Gasteiger partial charge in [-0.25, -0.2) is 9.97 Å². The van der Waals surface area contributed by atoms with E-state index in [-0.39, 0.29) is 21.9 Å². The number of anilines is 1. The maximum absolute atomic E-state index is 12.5. The molecule has 1 aliphatic rings. The second-order valence-electron chi connectivity index (χ2n) is 4.73. The van der Waals surface area contributed by atoms with Gasteiger partial charge in [0.05, 0.1) is 5.41 Å². The van der Waals surface area contributed by atoms with Crippen molar-refractivity contribution in [1.82, 2.24) is 9.97 Å². The third-order valence-corrected chi connectivity index (χ3v) is 4.08. The summed E-state index contributed by atoms with van der Waals surface area (Å²) in [6.07, 6.45) is 2.88. The number of amides is 1. The Balaban J connectivity index is 1.88. The van der Waals surface area contributed by atoms with Crippen molar-refractivity contribution >= 4 is 34.8 Å². The minimum atomic E-state index is -0.482. The molecule has 1 aliphatic carbocycles. The van der Waals surface area contributed by atoms with Gasteiger partial charge in [0.1, 0.15) is 12.0 Å². The predicted molar refractivity (Wildman–Crippen MR) is 78.0 cm³/mol. The van der Waals surface area contributed by atoms with Crippen molar-refractivity contribution < 1.29 is 4.79 Å². The van der Waals surface area contributed by atoms with Crippen molar-refractivity contribution in [2.24, 2.45) is 0 Å². The summed E-state index contributed by atoms with van der Waals surface area (Å²) in [5.74, 6) is -0.123. The zero-order valence-corrected chi connectivity index (χ0v) is 11.9. The second kappa shape index (κ2) is 5.04. The van der Waals surface area contributed by atoms with Crippen molar-refractivity contribution in [3.63, 3.8) is 0 Å². The quantitative estimate of drug-likeness (QED) is 0.884. The minimum absolute atomic E-state index is 0.123. The fraction of sp³-hybridized carbons (Fsp3) is 0.214. The first-order chi connectivity index (χ1) is 9.63. The fourth-order valence-electron chi connectivity index (χ4n) is 2.21. The summed E-state index contributed by atoms with van der Waals surface area (Å²) in [6, 6.07) is 9.69. The first-order valence-corrected chi connectivity index (χ1v) is 6.92. The highest BCUT2D eigenvalue weighted by Gasteiger charge is 2.51. The summed E-state index contributed by atoms with van der Waals surface area (Å²) in [5.41, 5.74) is 0.786. The Hall–Kier alpha value is -1.65. The van der Waals surface area contributed by atoms with E-state index in [0.29, 0.717) is 0 Å². The van der Waals surface area contributed by atoms with Gasteiger partial charge in [0.2, 0.25) is 5.91 Å². The second-order valence-corrected chi connectivity index (χ2v) is 5.45. The van der Waals surface area contributed by atoms with E-state index in [1.54, 1.807) is 0 Å². The molecule has 20 heavy (non-hydrogen) atoms. The molecule has 0 radical (unpaired) electrons. The van der Waals surface area contributed by atoms with Crippen LogP contribution in [0, 0.1) is 0 Å². The topological polar surface area (TPSA) is 54.9 Å². The summed E-state index contributed by atoms with van der Waals surface area (Å²) in [5, 5.41) is 3.03. The minimum Gasteiger partial charge on any atom is -0.320 e. The van der Waals surface area contributed by atoms with E-state index in [9.17, 15) is 4.79 Å². The van der Waals surface area contributed by atoms with Crippen molar-refractivity contribution in [1.29, 1.82) is 0 Å². The van der Waals surface area contributed by atoms with Crippen LogP contribution in [0.4, 0.5) is 5.69 Å². The summed E-state index contributed by atoms with van der Waals surface area (Å²) in [7, 11) is 0. The number of rotatable bonds is 3. The van der Waals surface area contributed by atoms with Gasteiger partial charge in [0.25, 0.3) is 0 Å². The van der Waals surface area contributed by atoms with E-state index >= 15 is 0 Å². The number of aromatic nitrogens is 2. The lowest BCUT2D eigenvalue weighted by molar-refractivity contribution is -0.118. The molecule has 1 N–H and O–H groups in total. The highest BCUT2D eigenvalue weighted by molar-refractivity contribution is 6.38. The maximum atomic E-state index is 12.5. The van der Waals surface area contributed by atoms with Crippen LogP contribution in [-0.2, 0) is 10.2 Å². The van der Waals surface area contributed by atoms with Crippen LogP contribution in [0.25, 0.3) is 0 Å². The summed E-state index contributed by atoms with van der Waals surface area (Å²) >= 11 is 11.9. The molecule has 1 fully saturated rings. The fourth-order valence-corrected chi connectivity index (χ4v) is 2.62. The van der Waals surface area contributed by atoms with E-state index in [2.05, 4.69) is 15.3 Å². The maximum Gasteiger partial charge on any atom is 0.235 e. The van der Waals surface area contributed by atoms with Crippen molar-refractivity contribution in [2.45, 2.75) is 18.3 Å². The molecule has 1 amide bonds. The van der Waals surface area contributed by atoms with Gasteiger partial charge in [0.15, 0.2) is 10.3 Å². The molecule has 0 unspecified atom stereocenters. The average Bonchev–Trinajstić information content (AvgIpc) is 3.25. The van der Waals surface area contributed by atoms with Crippen LogP contribution in [0.2, 0.25) is 10.3 Å².